The topological polar surface area (TPSA) is 26.0 Å². The average molecular weight is 367 g/mol. The molecular weight excluding hydrogens is 342 g/mol. The fourth-order valence-electron chi connectivity index (χ4n) is 3.39. The number of rotatable bonds is 3. The number of nitrogen functional groups attached to an aromatic ring is 1. The molecule has 3 rings (SSSR count). The quantitative estimate of drug-likeness (QED) is 0.358. The Labute approximate surface area is 152 Å². The van der Waals surface area contributed by atoms with Gasteiger partial charge < -0.3 is 5.73 Å². The Kier molecular flexibility index (Phi) is 7.49. The summed E-state index contributed by atoms with van der Waals surface area (Å²) in [6.45, 7) is 2.30. The maximum absolute atomic E-state index is 13.5. The Hall–Kier alpha value is -2.04. The molecule has 1 nitrogen and oxygen atoms in total. The Balaban J connectivity index is 0.000000228. The van der Waals surface area contributed by atoms with E-state index in [1.807, 2.05) is 0 Å². The van der Waals surface area contributed by atoms with Crippen LogP contribution in [0.5, 0.6) is 0 Å². The zero-order chi connectivity index (χ0) is 19.1. The van der Waals surface area contributed by atoms with Gasteiger partial charge in [-0.05, 0) is 11.5 Å². The Bertz CT molecular complexity index is 678. The van der Waals surface area contributed by atoms with E-state index in [0.29, 0.717) is 0 Å². The van der Waals surface area contributed by atoms with Crippen molar-refractivity contribution in [2.45, 2.75) is 51.9 Å². The van der Waals surface area contributed by atoms with Gasteiger partial charge in [-0.25, -0.2) is 17.6 Å². The molecule has 0 bridgehead atoms. The summed E-state index contributed by atoms with van der Waals surface area (Å²) in [7, 11) is 0. The second-order valence-corrected chi connectivity index (χ2v) is 6.70. The highest BCUT2D eigenvalue weighted by molar-refractivity contribution is 5.68. The van der Waals surface area contributed by atoms with Crippen molar-refractivity contribution >= 4 is 5.69 Å². The van der Waals surface area contributed by atoms with Gasteiger partial charge in [-0.1, -0.05) is 82.2 Å². The molecule has 0 heterocycles. The van der Waals surface area contributed by atoms with Crippen molar-refractivity contribution in [2.24, 2.45) is 5.92 Å². The highest BCUT2D eigenvalue weighted by Gasteiger charge is 2.24. The summed E-state index contributed by atoms with van der Waals surface area (Å²) in [4.78, 5) is 0. The molecule has 0 aromatic heterocycles. The van der Waals surface area contributed by atoms with Crippen molar-refractivity contribution in [1.29, 1.82) is 0 Å². The second-order valence-electron chi connectivity index (χ2n) is 6.70. The van der Waals surface area contributed by atoms with Crippen LogP contribution in [0.25, 0.3) is 11.1 Å². The van der Waals surface area contributed by atoms with E-state index in [-0.39, 0.29) is 5.56 Å². The first-order chi connectivity index (χ1) is 12.5. The SMILES string of the molecule is CCCC1CCCCC1.Nc1c(F)c(F)c(-c2ccccc2)c(F)c1F. The summed E-state index contributed by atoms with van der Waals surface area (Å²) in [5.41, 5.74) is 3.03. The first-order valence-electron chi connectivity index (χ1n) is 9.14. The molecule has 0 aliphatic heterocycles. The van der Waals surface area contributed by atoms with Gasteiger partial charge in [-0.3, -0.25) is 0 Å². The second kappa shape index (κ2) is 9.60. The van der Waals surface area contributed by atoms with Gasteiger partial charge in [-0.15, -0.1) is 0 Å². The van der Waals surface area contributed by atoms with Gasteiger partial charge in [0, 0.05) is 0 Å². The zero-order valence-corrected chi connectivity index (χ0v) is 15.0. The number of benzene rings is 2. The molecule has 1 fully saturated rings. The molecule has 2 N–H and O–H groups in total. The van der Waals surface area contributed by atoms with Crippen LogP contribution in [0.4, 0.5) is 23.2 Å². The lowest BCUT2D eigenvalue weighted by Gasteiger charge is -2.20. The minimum atomic E-state index is -1.58. The molecule has 0 unspecified atom stereocenters. The molecule has 26 heavy (non-hydrogen) atoms. The molecule has 1 aliphatic rings. The predicted octanol–water partition coefficient (Wildman–Crippen LogP) is 6.86. The molecule has 1 aliphatic carbocycles. The third-order valence-corrected chi connectivity index (χ3v) is 4.78. The van der Waals surface area contributed by atoms with Crippen molar-refractivity contribution in [3.63, 3.8) is 0 Å². The maximum Gasteiger partial charge on any atom is 0.185 e. The molecule has 1 saturated carbocycles. The van der Waals surface area contributed by atoms with Crippen LogP contribution < -0.4 is 5.73 Å². The number of halogens is 4. The van der Waals surface area contributed by atoms with E-state index >= 15 is 0 Å². The van der Waals surface area contributed by atoms with Crippen LogP contribution in [0.2, 0.25) is 0 Å². The van der Waals surface area contributed by atoms with Crippen molar-refractivity contribution < 1.29 is 17.6 Å². The lowest BCUT2D eigenvalue weighted by molar-refractivity contribution is 0.336. The van der Waals surface area contributed by atoms with E-state index in [2.05, 4.69) is 6.92 Å². The van der Waals surface area contributed by atoms with E-state index in [4.69, 9.17) is 5.73 Å². The van der Waals surface area contributed by atoms with E-state index in [0.717, 1.165) is 5.92 Å². The minimum Gasteiger partial charge on any atom is -0.394 e. The van der Waals surface area contributed by atoms with Crippen LogP contribution in [0, 0.1) is 29.2 Å². The highest BCUT2D eigenvalue weighted by atomic mass is 19.2. The molecule has 142 valence electrons. The van der Waals surface area contributed by atoms with Crippen LogP contribution in [0.3, 0.4) is 0 Å². The van der Waals surface area contributed by atoms with Crippen LogP contribution >= 0.6 is 0 Å². The lowest BCUT2D eigenvalue weighted by atomic mass is 9.86. The Morgan fingerprint density at radius 3 is 1.88 bits per heavy atom. The molecular formula is C21H25F4N. The van der Waals surface area contributed by atoms with Crippen molar-refractivity contribution in [2.75, 3.05) is 5.73 Å². The van der Waals surface area contributed by atoms with Crippen molar-refractivity contribution in [3.8, 4) is 11.1 Å². The molecule has 0 atom stereocenters. The monoisotopic (exact) mass is 367 g/mol. The number of hydrogen-bond acceptors (Lipinski definition) is 1. The molecule has 0 spiro atoms. The smallest absolute Gasteiger partial charge is 0.185 e. The number of anilines is 1. The largest absolute Gasteiger partial charge is 0.394 e. The van der Waals surface area contributed by atoms with Crippen molar-refractivity contribution in [3.05, 3.63) is 53.6 Å². The van der Waals surface area contributed by atoms with Crippen molar-refractivity contribution in [1.82, 2.24) is 0 Å². The van der Waals surface area contributed by atoms with Crippen LogP contribution in [0.1, 0.15) is 51.9 Å². The molecule has 2 aromatic rings. The van der Waals surface area contributed by atoms with Gasteiger partial charge in [0.1, 0.15) is 5.69 Å². The summed E-state index contributed by atoms with van der Waals surface area (Å²) in [5.74, 6) is -5.05. The third-order valence-electron chi connectivity index (χ3n) is 4.78. The molecule has 0 saturated heterocycles. The molecule has 2 aromatic carbocycles. The van der Waals surface area contributed by atoms with Crippen LogP contribution in [-0.2, 0) is 0 Å². The zero-order valence-electron chi connectivity index (χ0n) is 15.0. The number of nitrogens with two attached hydrogens (primary N) is 1. The van der Waals surface area contributed by atoms with Gasteiger partial charge in [0.15, 0.2) is 23.3 Å². The first kappa shape index (κ1) is 20.3. The summed E-state index contributed by atoms with van der Waals surface area (Å²) < 4.78 is 53.5. The molecule has 0 radical (unpaired) electrons. The predicted molar refractivity (Wildman–Crippen MR) is 97.6 cm³/mol. The van der Waals surface area contributed by atoms with E-state index < -0.39 is 34.5 Å². The van der Waals surface area contributed by atoms with Gasteiger partial charge in [-0.2, -0.15) is 0 Å². The Morgan fingerprint density at radius 2 is 1.38 bits per heavy atom. The lowest BCUT2D eigenvalue weighted by Crippen LogP contribution is -2.05. The maximum atomic E-state index is 13.5. The summed E-state index contributed by atoms with van der Waals surface area (Å²) in [5, 5.41) is 0. The number of hydrogen-bond donors (Lipinski definition) is 1. The molecule has 5 heteroatoms. The third kappa shape index (κ3) is 4.77. The summed E-state index contributed by atoms with van der Waals surface area (Å²) in [6.07, 6.45) is 10.4. The fourth-order valence-corrected chi connectivity index (χ4v) is 3.39. The minimum absolute atomic E-state index is 0.0419. The van der Waals surface area contributed by atoms with Gasteiger partial charge >= 0.3 is 0 Å². The fraction of sp³-hybridized carbons (Fsp3) is 0.429. The normalized spacial score (nSPS) is 14.7. The summed E-state index contributed by atoms with van der Waals surface area (Å²) >= 11 is 0. The summed E-state index contributed by atoms with van der Waals surface area (Å²) in [6, 6.07) is 7.30. The highest BCUT2D eigenvalue weighted by Crippen LogP contribution is 2.33. The van der Waals surface area contributed by atoms with Crippen LogP contribution in [0.15, 0.2) is 30.3 Å². The van der Waals surface area contributed by atoms with E-state index in [9.17, 15) is 17.6 Å². The first-order valence-corrected chi connectivity index (χ1v) is 9.14. The molecule has 0 amide bonds. The van der Waals surface area contributed by atoms with E-state index in [1.165, 1.54) is 69.2 Å². The Morgan fingerprint density at radius 1 is 0.846 bits per heavy atom. The van der Waals surface area contributed by atoms with Gasteiger partial charge in [0.2, 0.25) is 0 Å². The van der Waals surface area contributed by atoms with Crippen LogP contribution in [-0.4, -0.2) is 0 Å². The van der Waals surface area contributed by atoms with Gasteiger partial charge in [0.25, 0.3) is 0 Å². The standard InChI is InChI=1S/C12H7F4N.C9H18/c13-8-7(6-4-2-1-3-5-6)9(14)11(16)12(17)10(8)15;1-2-6-9-7-4-3-5-8-9/h1-5H,17H2;9H,2-8H2,1H3. The van der Waals surface area contributed by atoms with E-state index in [1.54, 1.807) is 6.07 Å². The van der Waals surface area contributed by atoms with Gasteiger partial charge in [0.05, 0.1) is 5.56 Å². The average Bonchev–Trinajstić information content (AvgIpc) is 2.67.